The highest BCUT2D eigenvalue weighted by Crippen LogP contribution is 2.32. The van der Waals surface area contributed by atoms with Crippen molar-refractivity contribution in [3.63, 3.8) is 0 Å². The number of amides is 1. The zero-order valence-corrected chi connectivity index (χ0v) is 17.7. The van der Waals surface area contributed by atoms with Crippen molar-refractivity contribution in [1.82, 2.24) is 15.0 Å². The number of pyridine rings is 1. The summed E-state index contributed by atoms with van der Waals surface area (Å²) >= 11 is 0. The van der Waals surface area contributed by atoms with Crippen LogP contribution in [-0.2, 0) is 6.18 Å². The molecule has 0 aliphatic carbocycles. The number of benzene rings is 2. The first-order chi connectivity index (χ1) is 16.2. The fourth-order valence-corrected chi connectivity index (χ4v) is 3.18. The summed E-state index contributed by atoms with van der Waals surface area (Å²) in [4.78, 5) is 25.2. The van der Waals surface area contributed by atoms with Gasteiger partial charge in [-0.15, -0.1) is 0 Å². The summed E-state index contributed by atoms with van der Waals surface area (Å²) in [7, 11) is 0. The summed E-state index contributed by atoms with van der Waals surface area (Å²) in [5.41, 5.74) is 1.13. The highest BCUT2D eigenvalue weighted by atomic mass is 19.4. The van der Waals surface area contributed by atoms with Gasteiger partial charge in [0.25, 0.3) is 5.91 Å². The second kappa shape index (κ2) is 9.26. The molecule has 2 aromatic carbocycles. The number of anilines is 3. The molecule has 0 saturated carbocycles. The van der Waals surface area contributed by atoms with E-state index in [-0.39, 0.29) is 5.56 Å². The maximum Gasteiger partial charge on any atom is 0.416 e. The molecule has 4 aromatic rings. The molecular weight excluding hydrogens is 450 g/mol. The number of rotatable bonds is 5. The first kappa shape index (κ1) is 22.8. The summed E-state index contributed by atoms with van der Waals surface area (Å²) in [5.74, 6) is -1.26. The molecule has 4 rings (SSSR count). The molecule has 2 N–H and O–H groups in total. The molecule has 1 amide bonds. The monoisotopic (exact) mass is 467 g/mol. The molecule has 0 unspecified atom stereocenters. The summed E-state index contributed by atoms with van der Waals surface area (Å²) in [5, 5.41) is 5.38. The van der Waals surface area contributed by atoms with E-state index in [0.29, 0.717) is 41.0 Å². The maximum absolute atomic E-state index is 14.1. The van der Waals surface area contributed by atoms with Crippen molar-refractivity contribution < 1.29 is 22.4 Å². The Labute approximate surface area is 191 Å². The van der Waals surface area contributed by atoms with E-state index < -0.39 is 29.2 Å². The predicted octanol–water partition coefficient (Wildman–Crippen LogP) is 6.00. The smallest absolute Gasteiger partial charge is 0.339 e. The zero-order chi connectivity index (χ0) is 24.3. The average Bonchev–Trinajstić information content (AvgIpc) is 2.82. The normalized spacial score (nSPS) is 11.2. The Kier molecular flexibility index (Phi) is 6.22. The topological polar surface area (TPSA) is 79.8 Å². The maximum atomic E-state index is 14.1. The van der Waals surface area contributed by atoms with Gasteiger partial charge in [0.15, 0.2) is 0 Å². The Bertz CT molecular complexity index is 1340. The lowest BCUT2D eigenvalue weighted by Crippen LogP contribution is -2.15. The Morgan fingerprint density at radius 1 is 0.941 bits per heavy atom. The van der Waals surface area contributed by atoms with Gasteiger partial charge in [0.1, 0.15) is 18.0 Å². The van der Waals surface area contributed by atoms with E-state index in [2.05, 4.69) is 25.6 Å². The summed E-state index contributed by atoms with van der Waals surface area (Å²) in [6.45, 7) is 1.81. The number of aromatic nitrogens is 3. The van der Waals surface area contributed by atoms with Gasteiger partial charge >= 0.3 is 6.18 Å². The van der Waals surface area contributed by atoms with Crippen molar-refractivity contribution in [2.24, 2.45) is 0 Å². The van der Waals surface area contributed by atoms with Gasteiger partial charge in [0.2, 0.25) is 0 Å². The van der Waals surface area contributed by atoms with Gasteiger partial charge in [-0.25, -0.2) is 19.3 Å². The van der Waals surface area contributed by atoms with Gasteiger partial charge in [-0.3, -0.25) is 4.79 Å². The van der Waals surface area contributed by atoms with Crippen molar-refractivity contribution in [2.45, 2.75) is 13.1 Å². The molecule has 10 heteroatoms. The number of halogens is 4. The summed E-state index contributed by atoms with van der Waals surface area (Å²) < 4.78 is 52.9. The van der Waals surface area contributed by atoms with Gasteiger partial charge in [-0.2, -0.15) is 13.2 Å². The van der Waals surface area contributed by atoms with Gasteiger partial charge in [0.05, 0.1) is 16.9 Å². The van der Waals surface area contributed by atoms with Crippen molar-refractivity contribution >= 4 is 23.1 Å². The molecular formula is C24H17F4N5O. The number of carbonyl (C=O) groups is 1. The van der Waals surface area contributed by atoms with Gasteiger partial charge < -0.3 is 10.6 Å². The van der Waals surface area contributed by atoms with Crippen molar-refractivity contribution in [3.05, 3.63) is 95.8 Å². The molecule has 0 saturated heterocycles. The third-order valence-corrected chi connectivity index (χ3v) is 4.96. The Morgan fingerprint density at radius 3 is 2.50 bits per heavy atom. The quantitative estimate of drug-likeness (QED) is 0.352. The van der Waals surface area contributed by atoms with Crippen LogP contribution in [0.4, 0.5) is 34.8 Å². The molecule has 2 heterocycles. The third kappa shape index (κ3) is 5.01. The molecule has 0 bridgehead atoms. The third-order valence-electron chi connectivity index (χ3n) is 4.96. The lowest BCUT2D eigenvalue weighted by molar-refractivity contribution is -0.137. The molecule has 0 fully saturated rings. The van der Waals surface area contributed by atoms with Crippen LogP contribution in [-0.4, -0.2) is 20.9 Å². The number of carbonyl (C=O) groups excluding carboxylic acids is 1. The fraction of sp³-hybridized carbons (Fsp3) is 0.0833. The van der Waals surface area contributed by atoms with E-state index in [9.17, 15) is 22.4 Å². The highest BCUT2D eigenvalue weighted by Gasteiger charge is 2.31. The van der Waals surface area contributed by atoms with Crippen LogP contribution < -0.4 is 10.6 Å². The van der Waals surface area contributed by atoms with Crippen LogP contribution in [0, 0.1) is 12.7 Å². The lowest BCUT2D eigenvalue weighted by Gasteiger charge is -2.14. The molecule has 0 aliphatic rings. The summed E-state index contributed by atoms with van der Waals surface area (Å²) in [6.07, 6.45) is -0.0645. The standard InChI is InChI=1S/C24H17F4N5O/c1-14-4-5-15(23(34)33-21-12-16(24(26,27)28)6-7-18(21)25)11-20(14)32-22-17(3-2-9-30-22)19-8-10-29-13-31-19/h2-13H,1H3,(H,30,32)(H,33,34). The number of hydrogen-bond acceptors (Lipinski definition) is 5. The van der Waals surface area contributed by atoms with Gasteiger partial charge in [0, 0.05) is 29.2 Å². The largest absolute Gasteiger partial charge is 0.416 e. The molecule has 0 atom stereocenters. The molecule has 34 heavy (non-hydrogen) atoms. The Morgan fingerprint density at radius 2 is 1.76 bits per heavy atom. The SMILES string of the molecule is Cc1ccc(C(=O)Nc2cc(C(F)(F)F)ccc2F)cc1Nc1ncccc1-c1ccncn1. The second-order valence-corrected chi connectivity index (χ2v) is 7.30. The van der Waals surface area contributed by atoms with E-state index in [1.54, 1.807) is 30.6 Å². The van der Waals surface area contributed by atoms with Crippen molar-refractivity contribution in [1.29, 1.82) is 0 Å². The molecule has 2 aromatic heterocycles. The minimum atomic E-state index is -4.67. The van der Waals surface area contributed by atoms with Crippen LogP contribution in [0.25, 0.3) is 11.3 Å². The zero-order valence-electron chi connectivity index (χ0n) is 17.7. The van der Waals surface area contributed by atoms with Crippen LogP contribution in [0.2, 0.25) is 0 Å². The minimum Gasteiger partial charge on any atom is -0.339 e. The average molecular weight is 467 g/mol. The fourth-order valence-electron chi connectivity index (χ4n) is 3.18. The van der Waals surface area contributed by atoms with E-state index in [4.69, 9.17) is 0 Å². The van der Waals surface area contributed by atoms with E-state index >= 15 is 0 Å². The first-order valence-electron chi connectivity index (χ1n) is 9.99. The number of hydrogen-bond donors (Lipinski definition) is 2. The number of aryl methyl sites for hydroxylation is 1. The van der Waals surface area contributed by atoms with Crippen LogP contribution in [0.3, 0.4) is 0 Å². The van der Waals surface area contributed by atoms with Crippen molar-refractivity contribution in [2.75, 3.05) is 10.6 Å². The Hall–Kier alpha value is -4.34. The van der Waals surface area contributed by atoms with Gasteiger partial charge in [-0.05, 0) is 61.0 Å². The number of nitrogens with zero attached hydrogens (tertiary/aromatic N) is 3. The second-order valence-electron chi connectivity index (χ2n) is 7.30. The van der Waals surface area contributed by atoms with Crippen LogP contribution >= 0.6 is 0 Å². The molecule has 6 nitrogen and oxygen atoms in total. The van der Waals surface area contributed by atoms with E-state index in [1.165, 1.54) is 18.5 Å². The number of nitrogens with one attached hydrogen (secondary N) is 2. The first-order valence-corrected chi connectivity index (χ1v) is 9.99. The van der Waals surface area contributed by atoms with Crippen LogP contribution in [0.15, 0.2) is 73.3 Å². The predicted molar refractivity (Wildman–Crippen MR) is 119 cm³/mol. The highest BCUT2D eigenvalue weighted by molar-refractivity contribution is 6.05. The minimum absolute atomic E-state index is 0.115. The van der Waals surface area contributed by atoms with E-state index in [0.717, 1.165) is 5.56 Å². The van der Waals surface area contributed by atoms with Crippen molar-refractivity contribution in [3.8, 4) is 11.3 Å². The molecule has 0 aliphatic heterocycles. The van der Waals surface area contributed by atoms with E-state index in [1.807, 2.05) is 13.0 Å². The molecule has 0 spiro atoms. The van der Waals surface area contributed by atoms with Crippen LogP contribution in [0.1, 0.15) is 21.5 Å². The molecule has 0 radical (unpaired) electrons. The van der Waals surface area contributed by atoms with Gasteiger partial charge in [-0.1, -0.05) is 6.07 Å². The Balaban J connectivity index is 1.61. The molecule has 172 valence electrons. The summed E-state index contributed by atoms with van der Waals surface area (Å²) in [6, 6.07) is 11.8. The number of alkyl halides is 3. The lowest BCUT2D eigenvalue weighted by atomic mass is 10.1. The van der Waals surface area contributed by atoms with Crippen LogP contribution in [0.5, 0.6) is 0 Å².